The van der Waals surface area contributed by atoms with Crippen LogP contribution >= 0.6 is 0 Å². The Bertz CT molecular complexity index is 794. The van der Waals surface area contributed by atoms with E-state index in [1.54, 1.807) is 17.0 Å². The van der Waals surface area contributed by atoms with Crippen molar-refractivity contribution >= 4 is 18.0 Å². The molecule has 0 saturated carbocycles. The van der Waals surface area contributed by atoms with Crippen LogP contribution in [-0.2, 0) is 20.7 Å². The van der Waals surface area contributed by atoms with Crippen molar-refractivity contribution in [1.82, 2.24) is 9.80 Å². The van der Waals surface area contributed by atoms with Crippen molar-refractivity contribution in [3.8, 4) is 5.75 Å². The maximum absolute atomic E-state index is 12.4. The zero-order valence-corrected chi connectivity index (χ0v) is 18.0. The lowest BCUT2D eigenvalue weighted by molar-refractivity contribution is -0.142. The van der Waals surface area contributed by atoms with Crippen LogP contribution in [0.15, 0.2) is 24.3 Å². The van der Waals surface area contributed by atoms with Crippen molar-refractivity contribution in [2.75, 3.05) is 26.7 Å². The topological polar surface area (TPSA) is 144 Å². The van der Waals surface area contributed by atoms with Crippen LogP contribution in [0.2, 0.25) is 0 Å². The first-order valence-electron chi connectivity index (χ1n) is 10.4. The number of methoxy groups -OCH3 is 1. The average molecular weight is 434 g/mol. The lowest BCUT2D eigenvalue weighted by Gasteiger charge is -2.34. The van der Waals surface area contributed by atoms with Gasteiger partial charge in [0, 0.05) is 19.6 Å². The van der Waals surface area contributed by atoms with Gasteiger partial charge in [0.1, 0.15) is 17.8 Å². The number of carbonyl (C=O) groups is 2. The van der Waals surface area contributed by atoms with E-state index in [9.17, 15) is 9.59 Å². The van der Waals surface area contributed by atoms with Gasteiger partial charge in [-0.3, -0.25) is 15.1 Å². The maximum atomic E-state index is 12.4. The zero-order chi connectivity index (χ0) is 22.5. The zero-order valence-electron chi connectivity index (χ0n) is 18.0. The lowest BCUT2D eigenvalue weighted by atomic mass is 9.96. The summed E-state index contributed by atoms with van der Waals surface area (Å²) in [7, 11) is 1.31. The molecule has 0 radical (unpaired) electrons. The molecular formula is C21H31N5O5. The molecule has 5 N–H and O–H groups in total. The summed E-state index contributed by atoms with van der Waals surface area (Å²) in [4.78, 5) is 27.4. The van der Waals surface area contributed by atoms with E-state index >= 15 is 0 Å². The van der Waals surface area contributed by atoms with Crippen LogP contribution < -0.4 is 16.2 Å². The third-order valence-corrected chi connectivity index (χ3v) is 5.88. The number of hydrogen-bond donors (Lipinski definition) is 3. The Morgan fingerprint density at radius 1 is 1.29 bits per heavy atom. The normalized spacial score (nSPS) is 22.7. The molecule has 0 aromatic heterocycles. The first kappa shape index (κ1) is 22.7. The molecule has 31 heavy (non-hydrogen) atoms. The Labute approximate surface area is 181 Å². The molecule has 2 aliphatic rings. The van der Waals surface area contributed by atoms with Gasteiger partial charge in [0.05, 0.1) is 7.11 Å². The molecule has 0 aliphatic carbocycles. The van der Waals surface area contributed by atoms with Gasteiger partial charge in [0.2, 0.25) is 0 Å². The van der Waals surface area contributed by atoms with Crippen LogP contribution in [0.1, 0.15) is 25.3 Å². The van der Waals surface area contributed by atoms with E-state index < -0.39 is 18.3 Å². The highest BCUT2D eigenvalue weighted by molar-refractivity contribution is 5.75. The molecular weight excluding hydrogens is 402 g/mol. The van der Waals surface area contributed by atoms with Gasteiger partial charge in [0.25, 0.3) is 6.29 Å². The number of ether oxygens (including phenoxy) is 3. The van der Waals surface area contributed by atoms with Crippen molar-refractivity contribution in [3.63, 3.8) is 0 Å². The average Bonchev–Trinajstić information content (AvgIpc) is 3.02. The number of piperidine rings is 1. The van der Waals surface area contributed by atoms with Gasteiger partial charge in [-0.15, -0.1) is 0 Å². The number of hydrogen-bond acceptors (Lipinski definition) is 7. The van der Waals surface area contributed by atoms with Gasteiger partial charge in [0.15, 0.2) is 5.96 Å². The minimum atomic E-state index is -0.719. The number of amides is 1. The molecule has 0 spiro atoms. The molecule has 1 amide bonds. The van der Waals surface area contributed by atoms with Crippen LogP contribution in [0.5, 0.6) is 5.75 Å². The molecule has 3 atom stereocenters. The molecule has 10 nitrogen and oxygen atoms in total. The lowest BCUT2D eigenvalue weighted by Crippen LogP contribution is -2.45. The molecule has 0 bridgehead atoms. The highest BCUT2D eigenvalue weighted by atomic mass is 16.7. The number of likely N-dealkylation sites (tertiary alicyclic amines) is 1. The van der Waals surface area contributed by atoms with E-state index in [0.29, 0.717) is 24.6 Å². The number of guanidine groups is 1. The second-order valence-electron chi connectivity index (χ2n) is 8.06. The predicted octanol–water partition coefficient (Wildman–Crippen LogP) is 0.880. The van der Waals surface area contributed by atoms with E-state index in [0.717, 1.165) is 31.5 Å². The molecule has 1 aromatic rings. The quantitative estimate of drug-likeness (QED) is 0.326. The summed E-state index contributed by atoms with van der Waals surface area (Å²) in [6, 6.07) is 6.22. The number of rotatable bonds is 7. The smallest absolute Gasteiger partial charge is 0.413 e. The van der Waals surface area contributed by atoms with Crippen molar-refractivity contribution in [2.45, 2.75) is 44.6 Å². The number of benzene rings is 1. The molecule has 1 aromatic carbocycles. The molecule has 2 heterocycles. The van der Waals surface area contributed by atoms with Crippen LogP contribution in [0.25, 0.3) is 0 Å². The largest absolute Gasteiger partial charge is 0.468 e. The second-order valence-corrected chi connectivity index (χ2v) is 8.06. The predicted molar refractivity (Wildman–Crippen MR) is 113 cm³/mol. The Morgan fingerprint density at radius 3 is 2.52 bits per heavy atom. The third-order valence-electron chi connectivity index (χ3n) is 5.88. The van der Waals surface area contributed by atoms with E-state index in [-0.39, 0.29) is 18.1 Å². The van der Waals surface area contributed by atoms with Crippen LogP contribution in [0, 0.1) is 11.3 Å². The monoisotopic (exact) mass is 433 g/mol. The second kappa shape index (κ2) is 9.86. The molecule has 3 unspecified atom stereocenters. The number of nitrogens with two attached hydrogens (primary N) is 2. The molecule has 170 valence electrons. The first-order chi connectivity index (χ1) is 14.8. The summed E-state index contributed by atoms with van der Waals surface area (Å²) in [6.07, 6.45) is 1.02. The number of carbonyl (C=O) groups excluding carboxylic acids is 2. The van der Waals surface area contributed by atoms with Crippen LogP contribution in [0.4, 0.5) is 4.79 Å². The number of nitrogens with zero attached hydrogens (tertiary/aromatic N) is 2. The van der Waals surface area contributed by atoms with Crippen LogP contribution in [-0.4, -0.2) is 72.9 Å². The summed E-state index contributed by atoms with van der Waals surface area (Å²) in [5, 5.41) is 7.53. The summed E-state index contributed by atoms with van der Waals surface area (Å²) < 4.78 is 16.0. The Morgan fingerprint density at radius 2 is 1.94 bits per heavy atom. The minimum absolute atomic E-state index is 0.0964. The van der Waals surface area contributed by atoms with Gasteiger partial charge in [-0.2, -0.15) is 0 Å². The molecule has 10 heteroatoms. The summed E-state index contributed by atoms with van der Waals surface area (Å²) in [5.41, 5.74) is 12.2. The van der Waals surface area contributed by atoms with Gasteiger partial charge in [-0.05, 0) is 49.8 Å². The van der Waals surface area contributed by atoms with Gasteiger partial charge in [-0.25, -0.2) is 4.79 Å². The van der Waals surface area contributed by atoms with Crippen molar-refractivity contribution in [3.05, 3.63) is 29.8 Å². The third kappa shape index (κ3) is 5.57. The fourth-order valence-corrected chi connectivity index (χ4v) is 3.90. The van der Waals surface area contributed by atoms with Crippen molar-refractivity contribution in [1.29, 1.82) is 5.41 Å². The van der Waals surface area contributed by atoms with Crippen molar-refractivity contribution < 1.29 is 23.8 Å². The van der Waals surface area contributed by atoms with Crippen LogP contribution in [0.3, 0.4) is 0 Å². The summed E-state index contributed by atoms with van der Waals surface area (Å²) in [5.74, 6) is 0.539. The maximum Gasteiger partial charge on any atom is 0.413 e. The fraction of sp³-hybridized carbons (Fsp3) is 0.571. The van der Waals surface area contributed by atoms with E-state index in [1.165, 1.54) is 7.11 Å². The highest BCUT2D eigenvalue weighted by Gasteiger charge is 2.41. The standard InChI is InChI=1S/C21H31N5O5/c1-13-19(30-16-5-3-14(4-6-16)11-17(22)18(27)29-2)31-21(28)26(13)12-15-7-9-25(10-8-15)20(23)24/h3-6,13,15,17,19H,7-12,22H2,1-2H3,(H3,23,24). The molecule has 3 rings (SSSR count). The van der Waals surface area contributed by atoms with E-state index in [2.05, 4.69) is 4.74 Å². The fourth-order valence-electron chi connectivity index (χ4n) is 3.90. The number of esters is 1. The molecule has 2 fully saturated rings. The Kier molecular flexibility index (Phi) is 7.21. The number of cyclic esters (lactones) is 1. The Hall–Kier alpha value is -3.01. The minimum Gasteiger partial charge on any atom is -0.468 e. The Balaban J connectivity index is 1.52. The van der Waals surface area contributed by atoms with E-state index in [1.807, 2.05) is 24.0 Å². The molecule has 2 saturated heterocycles. The highest BCUT2D eigenvalue weighted by Crippen LogP contribution is 2.27. The van der Waals surface area contributed by atoms with Gasteiger partial charge < -0.3 is 30.6 Å². The molecule has 2 aliphatic heterocycles. The summed E-state index contributed by atoms with van der Waals surface area (Å²) >= 11 is 0. The van der Waals surface area contributed by atoms with Gasteiger partial charge in [-0.1, -0.05) is 12.1 Å². The van der Waals surface area contributed by atoms with Crippen molar-refractivity contribution in [2.24, 2.45) is 17.4 Å². The number of nitrogens with one attached hydrogen (secondary N) is 1. The van der Waals surface area contributed by atoms with Gasteiger partial charge >= 0.3 is 12.1 Å². The first-order valence-corrected chi connectivity index (χ1v) is 10.4. The summed E-state index contributed by atoms with van der Waals surface area (Å²) in [6.45, 7) is 3.95. The SMILES string of the molecule is COC(=O)C(N)Cc1ccc(OC2OC(=O)N(CC3CCN(C(=N)N)CC3)C2C)cc1. The van der Waals surface area contributed by atoms with E-state index in [4.69, 9.17) is 26.4 Å².